The third-order valence-corrected chi connectivity index (χ3v) is 11.0. The van der Waals surface area contributed by atoms with Crippen molar-refractivity contribution < 1.29 is 5.11 Å². The van der Waals surface area contributed by atoms with E-state index in [0.29, 0.717) is 11.1 Å². The molecule has 0 saturated heterocycles. The molecule has 0 saturated carbocycles. The molecule has 0 aliphatic carbocycles. The van der Waals surface area contributed by atoms with Gasteiger partial charge in [-0.1, -0.05) is 74.9 Å². The molecule has 0 aliphatic rings. The lowest BCUT2D eigenvalue weighted by molar-refractivity contribution is 0.302. The highest BCUT2D eigenvalue weighted by Crippen LogP contribution is 2.36. The van der Waals surface area contributed by atoms with Crippen molar-refractivity contribution in [2.45, 2.75) is 58.2 Å². The molecule has 20 heavy (non-hydrogen) atoms. The Morgan fingerprint density at radius 3 is 2.00 bits per heavy atom. The van der Waals surface area contributed by atoms with E-state index in [1.165, 1.54) is 11.6 Å². The number of aliphatic hydroxyl groups excluding tert-OH is 1. The van der Waals surface area contributed by atoms with Gasteiger partial charge in [-0.2, -0.15) is 0 Å². The minimum absolute atomic E-state index is 0.249. The summed E-state index contributed by atoms with van der Waals surface area (Å²) < 4.78 is 0. The number of allylic oxidation sites excluding steroid dienone is 1. The standard InChI is InChI=1S/C18H30OSi/c1-15(2)20(16(3)4,14-8-6-7-13-19)18-11-9-17(5)10-12-18/h6,8-12,15-16,19H,7,13-14H2,1-5H3/b8-6-. The Kier molecular flexibility index (Phi) is 6.70. The highest BCUT2D eigenvalue weighted by molar-refractivity contribution is 6.94. The van der Waals surface area contributed by atoms with E-state index >= 15 is 0 Å². The number of hydrogen-bond donors (Lipinski definition) is 1. The average molecular weight is 291 g/mol. The second kappa shape index (κ2) is 7.80. The van der Waals surface area contributed by atoms with Crippen LogP contribution in [0.4, 0.5) is 0 Å². The van der Waals surface area contributed by atoms with Gasteiger partial charge in [0.25, 0.3) is 0 Å². The Balaban J connectivity index is 3.14. The Hall–Kier alpha value is -0.863. The van der Waals surface area contributed by atoms with Gasteiger partial charge in [0.05, 0.1) is 8.07 Å². The van der Waals surface area contributed by atoms with Crippen LogP contribution in [0.3, 0.4) is 0 Å². The molecular weight excluding hydrogens is 260 g/mol. The third kappa shape index (κ3) is 3.83. The van der Waals surface area contributed by atoms with E-state index in [0.717, 1.165) is 6.42 Å². The largest absolute Gasteiger partial charge is 0.396 e. The Bertz CT molecular complexity index is 410. The van der Waals surface area contributed by atoms with Crippen LogP contribution >= 0.6 is 0 Å². The molecule has 0 aliphatic heterocycles. The van der Waals surface area contributed by atoms with E-state index in [1.54, 1.807) is 5.19 Å². The predicted octanol–water partition coefficient (Wildman–Crippen LogP) is 4.41. The molecule has 1 rings (SSSR count). The molecule has 0 amide bonds. The monoisotopic (exact) mass is 290 g/mol. The summed E-state index contributed by atoms with van der Waals surface area (Å²) in [6, 6.07) is 10.4. The topological polar surface area (TPSA) is 20.2 Å². The quantitative estimate of drug-likeness (QED) is 0.582. The first-order valence-electron chi connectivity index (χ1n) is 7.78. The number of aliphatic hydroxyl groups is 1. The van der Waals surface area contributed by atoms with Gasteiger partial charge in [-0.05, 0) is 30.5 Å². The van der Waals surface area contributed by atoms with Gasteiger partial charge in [0, 0.05) is 6.61 Å². The van der Waals surface area contributed by atoms with E-state index in [9.17, 15) is 0 Å². The number of aryl methyl sites for hydroxylation is 1. The fraction of sp³-hybridized carbons (Fsp3) is 0.556. The Morgan fingerprint density at radius 2 is 1.55 bits per heavy atom. The van der Waals surface area contributed by atoms with Gasteiger partial charge in [-0.15, -0.1) is 0 Å². The maximum atomic E-state index is 8.92. The van der Waals surface area contributed by atoms with Crippen molar-refractivity contribution in [3.05, 3.63) is 42.0 Å². The fourth-order valence-electron chi connectivity index (χ4n) is 3.26. The van der Waals surface area contributed by atoms with Crippen molar-refractivity contribution in [2.24, 2.45) is 0 Å². The van der Waals surface area contributed by atoms with Crippen LogP contribution in [0.15, 0.2) is 36.4 Å². The average Bonchev–Trinajstić information content (AvgIpc) is 2.39. The smallest absolute Gasteiger partial charge is 0.0954 e. The summed E-state index contributed by atoms with van der Waals surface area (Å²) in [6.45, 7) is 11.9. The second-order valence-corrected chi connectivity index (χ2v) is 11.8. The van der Waals surface area contributed by atoms with Crippen LogP contribution in [-0.2, 0) is 0 Å². The van der Waals surface area contributed by atoms with Gasteiger partial charge in [0.2, 0.25) is 0 Å². The highest BCUT2D eigenvalue weighted by Gasteiger charge is 2.40. The molecule has 0 bridgehead atoms. The number of hydrogen-bond acceptors (Lipinski definition) is 1. The molecular formula is C18H30OSi. The summed E-state index contributed by atoms with van der Waals surface area (Å²) in [7, 11) is -1.57. The van der Waals surface area contributed by atoms with Gasteiger partial charge in [-0.25, -0.2) is 0 Å². The van der Waals surface area contributed by atoms with Crippen LogP contribution in [0.2, 0.25) is 17.1 Å². The first-order valence-corrected chi connectivity index (χ1v) is 10.1. The van der Waals surface area contributed by atoms with Gasteiger partial charge in [-0.3, -0.25) is 0 Å². The lowest BCUT2D eigenvalue weighted by Crippen LogP contribution is -2.52. The number of rotatable bonds is 7. The van der Waals surface area contributed by atoms with E-state index in [4.69, 9.17) is 5.11 Å². The van der Waals surface area contributed by atoms with E-state index in [-0.39, 0.29) is 6.61 Å². The maximum Gasteiger partial charge on any atom is 0.0954 e. The molecule has 0 spiro atoms. The molecule has 2 heteroatoms. The number of benzene rings is 1. The van der Waals surface area contributed by atoms with Crippen LogP contribution in [0.5, 0.6) is 0 Å². The van der Waals surface area contributed by atoms with Crippen LogP contribution < -0.4 is 5.19 Å². The molecule has 1 aromatic rings. The van der Waals surface area contributed by atoms with Gasteiger partial charge in [0.1, 0.15) is 0 Å². The molecule has 0 fully saturated rings. The van der Waals surface area contributed by atoms with E-state index in [1.807, 2.05) is 0 Å². The zero-order valence-corrected chi connectivity index (χ0v) is 14.7. The van der Waals surface area contributed by atoms with Crippen LogP contribution in [0.1, 0.15) is 39.7 Å². The molecule has 0 atom stereocenters. The van der Waals surface area contributed by atoms with Crippen LogP contribution in [-0.4, -0.2) is 19.8 Å². The van der Waals surface area contributed by atoms with Crippen molar-refractivity contribution in [3.63, 3.8) is 0 Å². The van der Waals surface area contributed by atoms with Crippen LogP contribution in [0, 0.1) is 6.92 Å². The van der Waals surface area contributed by atoms with E-state index < -0.39 is 8.07 Å². The fourth-order valence-corrected chi connectivity index (χ4v) is 8.45. The van der Waals surface area contributed by atoms with Crippen molar-refractivity contribution in [2.75, 3.05) is 6.61 Å². The zero-order chi connectivity index (χ0) is 15.2. The first-order chi connectivity index (χ1) is 9.45. The zero-order valence-electron chi connectivity index (χ0n) is 13.7. The highest BCUT2D eigenvalue weighted by atomic mass is 28.3. The van der Waals surface area contributed by atoms with Crippen molar-refractivity contribution in [3.8, 4) is 0 Å². The molecule has 1 aromatic carbocycles. The molecule has 0 heterocycles. The first kappa shape index (κ1) is 17.2. The van der Waals surface area contributed by atoms with E-state index in [2.05, 4.69) is 71.0 Å². The van der Waals surface area contributed by atoms with Gasteiger partial charge >= 0.3 is 0 Å². The third-order valence-electron chi connectivity index (χ3n) is 4.57. The molecule has 1 nitrogen and oxygen atoms in total. The van der Waals surface area contributed by atoms with Gasteiger partial charge < -0.3 is 5.11 Å². The lowest BCUT2D eigenvalue weighted by Gasteiger charge is -2.39. The SMILES string of the molecule is Cc1ccc([Si](C/C=C\CCO)(C(C)C)C(C)C)cc1. The summed E-state index contributed by atoms with van der Waals surface area (Å²) in [5.74, 6) is 0. The summed E-state index contributed by atoms with van der Waals surface area (Å²) in [5.41, 5.74) is 2.76. The summed E-state index contributed by atoms with van der Waals surface area (Å²) in [6.07, 6.45) is 5.22. The van der Waals surface area contributed by atoms with Crippen molar-refractivity contribution in [1.82, 2.24) is 0 Å². The summed E-state index contributed by atoms with van der Waals surface area (Å²) in [5, 5.41) is 10.5. The molecule has 1 N–H and O–H groups in total. The Morgan fingerprint density at radius 1 is 1.00 bits per heavy atom. The van der Waals surface area contributed by atoms with Crippen molar-refractivity contribution >= 4 is 13.3 Å². The maximum absolute atomic E-state index is 8.92. The summed E-state index contributed by atoms with van der Waals surface area (Å²) in [4.78, 5) is 0. The molecule has 0 radical (unpaired) electrons. The summed E-state index contributed by atoms with van der Waals surface area (Å²) >= 11 is 0. The minimum Gasteiger partial charge on any atom is -0.396 e. The van der Waals surface area contributed by atoms with Crippen molar-refractivity contribution in [1.29, 1.82) is 0 Å². The molecule has 0 aromatic heterocycles. The minimum atomic E-state index is -1.57. The molecule has 0 unspecified atom stereocenters. The normalized spacial score (nSPS) is 12.8. The van der Waals surface area contributed by atoms with Gasteiger partial charge in [0.15, 0.2) is 0 Å². The molecule has 112 valence electrons. The Labute approximate surface area is 125 Å². The van der Waals surface area contributed by atoms with Crippen LogP contribution in [0.25, 0.3) is 0 Å². The second-order valence-electron chi connectivity index (χ2n) is 6.40. The predicted molar refractivity (Wildman–Crippen MR) is 92.4 cm³/mol. The lowest BCUT2D eigenvalue weighted by atomic mass is 10.2.